The number of sulfonamides is 1. The average Bonchev–Trinajstić information content (AvgIpc) is 2.37. The van der Waals surface area contributed by atoms with Gasteiger partial charge in [-0.25, -0.2) is 8.42 Å². The highest BCUT2D eigenvalue weighted by molar-refractivity contribution is 7.89. The Morgan fingerprint density at radius 3 is 2.45 bits per heavy atom. The number of hydrogen-bond donors (Lipinski definition) is 1. The van der Waals surface area contributed by atoms with E-state index in [9.17, 15) is 21.6 Å². The molecule has 1 atom stereocenters. The van der Waals surface area contributed by atoms with E-state index in [-0.39, 0.29) is 36.6 Å². The van der Waals surface area contributed by atoms with Crippen LogP contribution in [0, 0.1) is 0 Å². The van der Waals surface area contributed by atoms with Gasteiger partial charge in [-0.2, -0.15) is 17.5 Å². The molecule has 1 aliphatic heterocycles. The minimum absolute atomic E-state index is 0. The van der Waals surface area contributed by atoms with Crippen LogP contribution in [0.4, 0.5) is 13.2 Å². The van der Waals surface area contributed by atoms with Crippen molar-refractivity contribution in [2.75, 3.05) is 13.1 Å². The number of halogens is 5. The van der Waals surface area contributed by atoms with Gasteiger partial charge >= 0.3 is 6.18 Å². The van der Waals surface area contributed by atoms with E-state index < -0.39 is 26.7 Å². The van der Waals surface area contributed by atoms with Gasteiger partial charge in [0, 0.05) is 24.2 Å². The predicted molar refractivity (Wildman–Crippen MR) is 79.7 cm³/mol. The molecule has 2 N–H and O–H groups in total. The minimum atomic E-state index is -4.66. The zero-order valence-corrected chi connectivity index (χ0v) is 13.7. The van der Waals surface area contributed by atoms with Crippen LogP contribution in [0.3, 0.4) is 0 Å². The van der Waals surface area contributed by atoms with Crippen LogP contribution in [0.1, 0.15) is 18.4 Å². The summed E-state index contributed by atoms with van der Waals surface area (Å²) in [7, 11) is -4.03. The molecule has 0 bridgehead atoms. The summed E-state index contributed by atoms with van der Waals surface area (Å²) in [6.07, 6.45) is -3.39. The standard InChI is InChI=1S/C12H14ClF3N2O2S.ClH/c13-9-4-8(12(14,15)16)5-11(6-9)21(19,20)18-3-1-2-10(17)7-18;/h4-6,10H,1-3,7,17H2;1H. The van der Waals surface area contributed by atoms with E-state index in [0.29, 0.717) is 25.0 Å². The highest BCUT2D eigenvalue weighted by Crippen LogP contribution is 2.34. The Kier molecular flexibility index (Phi) is 6.14. The Balaban J connectivity index is 0.00000242. The quantitative estimate of drug-likeness (QED) is 0.860. The van der Waals surface area contributed by atoms with Crippen LogP contribution in [0.15, 0.2) is 23.1 Å². The monoisotopic (exact) mass is 378 g/mol. The van der Waals surface area contributed by atoms with E-state index in [1.54, 1.807) is 0 Å². The molecule has 4 nitrogen and oxygen atoms in total. The second-order valence-corrected chi connectivity index (χ2v) is 7.31. The number of nitrogens with zero attached hydrogens (tertiary/aromatic N) is 1. The lowest BCUT2D eigenvalue weighted by molar-refractivity contribution is -0.137. The maximum absolute atomic E-state index is 12.8. The number of hydrogen-bond acceptors (Lipinski definition) is 3. The van der Waals surface area contributed by atoms with Crippen LogP contribution in [0.5, 0.6) is 0 Å². The van der Waals surface area contributed by atoms with Gasteiger partial charge in [-0.15, -0.1) is 12.4 Å². The fourth-order valence-corrected chi connectivity index (χ4v) is 4.12. The van der Waals surface area contributed by atoms with Crippen molar-refractivity contribution in [2.45, 2.75) is 30.0 Å². The first-order chi connectivity index (χ1) is 9.60. The van der Waals surface area contributed by atoms with E-state index in [4.69, 9.17) is 17.3 Å². The van der Waals surface area contributed by atoms with E-state index in [1.165, 1.54) is 0 Å². The third kappa shape index (κ3) is 4.26. The number of benzene rings is 1. The molecule has 1 aliphatic rings. The molecule has 126 valence electrons. The molecule has 1 heterocycles. The highest BCUT2D eigenvalue weighted by Gasteiger charge is 2.34. The fraction of sp³-hybridized carbons (Fsp3) is 0.500. The number of alkyl halides is 3. The Morgan fingerprint density at radius 1 is 1.27 bits per heavy atom. The van der Waals surface area contributed by atoms with Gasteiger partial charge in [-0.05, 0) is 31.0 Å². The molecule has 0 spiro atoms. The summed E-state index contributed by atoms with van der Waals surface area (Å²) < 4.78 is 64.2. The number of piperidine rings is 1. The first-order valence-electron chi connectivity index (χ1n) is 6.24. The molecule has 1 saturated heterocycles. The summed E-state index contributed by atoms with van der Waals surface area (Å²) in [6, 6.07) is 2.01. The fourth-order valence-electron chi connectivity index (χ4n) is 2.22. The van der Waals surface area contributed by atoms with Crippen LogP contribution in [-0.2, 0) is 16.2 Å². The minimum Gasteiger partial charge on any atom is -0.327 e. The summed E-state index contributed by atoms with van der Waals surface area (Å²) >= 11 is 5.62. The maximum Gasteiger partial charge on any atom is 0.416 e. The first-order valence-corrected chi connectivity index (χ1v) is 8.06. The van der Waals surface area contributed by atoms with Gasteiger partial charge in [0.25, 0.3) is 0 Å². The van der Waals surface area contributed by atoms with Crippen molar-refractivity contribution < 1.29 is 21.6 Å². The number of rotatable bonds is 2. The van der Waals surface area contributed by atoms with Crippen molar-refractivity contribution in [1.82, 2.24) is 4.31 Å². The van der Waals surface area contributed by atoms with Crippen LogP contribution in [0.25, 0.3) is 0 Å². The van der Waals surface area contributed by atoms with Crippen molar-refractivity contribution >= 4 is 34.0 Å². The molecule has 0 aromatic heterocycles. The SMILES string of the molecule is Cl.NC1CCCN(S(=O)(=O)c2cc(Cl)cc(C(F)(F)F)c2)C1. The topological polar surface area (TPSA) is 63.4 Å². The zero-order chi connectivity index (χ0) is 15.8. The summed E-state index contributed by atoms with van der Waals surface area (Å²) in [4.78, 5) is -0.462. The van der Waals surface area contributed by atoms with E-state index in [1.807, 2.05) is 0 Å². The molecule has 1 fully saturated rings. The zero-order valence-electron chi connectivity index (χ0n) is 11.3. The molecule has 1 unspecified atom stereocenters. The van der Waals surface area contributed by atoms with Crippen LogP contribution in [0.2, 0.25) is 5.02 Å². The Labute approximate surface area is 137 Å². The molecule has 0 aliphatic carbocycles. The molecule has 0 radical (unpaired) electrons. The third-order valence-electron chi connectivity index (χ3n) is 3.26. The third-order valence-corrected chi connectivity index (χ3v) is 5.32. The highest BCUT2D eigenvalue weighted by atomic mass is 35.5. The number of nitrogens with two attached hydrogens (primary N) is 1. The summed E-state index contributed by atoms with van der Waals surface area (Å²) in [5.41, 5.74) is 4.63. The van der Waals surface area contributed by atoms with Gasteiger partial charge in [0.1, 0.15) is 0 Å². The van der Waals surface area contributed by atoms with Gasteiger partial charge in [0.2, 0.25) is 10.0 Å². The lowest BCUT2D eigenvalue weighted by atomic mass is 10.1. The largest absolute Gasteiger partial charge is 0.416 e. The molecule has 1 aromatic rings. The maximum atomic E-state index is 12.8. The molecular weight excluding hydrogens is 364 g/mol. The Morgan fingerprint density at radius 2 is 1.91 bits per heavy atom. The molecular formula is C12H15Cl2F3N2O2S. The second kappa shape index (κ2) is 6.92. The van der Waals surface area contributed by atoms with Crippen molar-refractivity contribution in [1.29, 1.82) is 0 Å². The molecule has 2 rings (SSSR count). The van der Waals surface area contributed by atoms with Crippen LogP contribution < -0.4 is 5.73 Å². The summed E-state index contributed by atoms with van der Waals surface area (Å²) in [6.45, 7) is 0.333. The average molecular weight is 379 g/mol. The van der Waals surface area contributed by atoms with Crippen molar-refractivity contribution in [2.24, 2.45) is 5.73 Å². The van der Waals surface area contributed by atoms with Crippen molar-refractivity contribution in [3.05, 3.63) is 28.8 Å². The Hall–Kier alpha value is -0.540. The van der Waals surface area contributed by atoms with E-state index >= 15 is 0 Å². The molecule has 10 heteroatoms. The Bertz CT molecular complexity index is 638. The summed E-state index contributed by atoms with van der Waals surface area (Å²) in [5.74, 6) is 0. The van der Waals surface area contributed by atoms with Crippen LogP contribution >= 0.6 is 24.0 Å². The van der Waals surface area contributed by atoms with Crippen LogP contribution in [-0.4, -0.2) is 31.9 Å². The van der Waals surface area contributed by atoms with Gasteiger partial charge < -0.3 is 5.73 Å². The molecule has 1 aromatic carbocycles. The van der Waals surface area contributed by atoms with E-state index in [0.717, 1.165) is 10.4 Å². The second-order valence-electron chi connectivity index (χ2n) is 4.94. The van der Waals surface area contributed by atoms with Crippen molar-refractivity contribution in [3.63, 3.8) is 0 Å². The first kappa shape index (κ1) is 19.5. The van der Waals surface area contributed by atoms with Gasteiger partial charge in [-0.1, -0.05) is 11.6 Å². The van der Waals surface area contributed by atoms with E-state index in [2.05, 4.69) is 0 Å². The smallest absolute Gasteiger partial charge is 0.327 e. The van der Waals surface area contributed by atoms with Crippen molar-refractivity contribution in [3.8, 4) is 0 Å². The lowest BCUT2D eigenvalue weighted by Gasteiger charge is -2.30. The lowest BCUT2D eigenvalue weighted by Crippen LogP contribution is -2.45. The predicted octanol–water partition coefficient (Wildman–Crippen LogP) is 2.89. The normalized spacial score (nSPS) is 20.5. The van der Waals surface area contributed by atoms with Gasteiger partial charge in [0.05, 0.1) is 10.5 Å². The molecule has 0 saturated carbocycles. The molecule has 0 amide bonds. The summed E-state index contributed by atoms with van der Waals surface area (Å²) in [5, 5.41) is -0.273. The molecule has 22 heavy (non-hydrogen) atoms. The van der Waals surface area contributed by atoms with Gasteiger partial charge in [-0.3, -0.25) is 0 Å². The van der Waals surface area contributed by atoms with Gasteiger partial charge in [0.15, 0.2) is 0 Å².